The van der Waals surface area contributed by atoms with E-state index in [1.807, 2.05) is 37.4 Å². The highest BCUT2D eigenvalue weighted by molar-refractivity contribution is 5.81. The van der Waals surface area contributed by atoms with Crippen LogP contribution in [-0.4, -0.2) is 43.6 Å². The molecule has 1 aliphatic heterocycles. The van der Waals surface area contributed by atoms with Crippen molar-refractivity contribution < 1.29 is 9.53 Å². The number of amides is 1. The lowest BCUT2D eigenvalue weighted by atomic mass is 10.1. The summed E-state index contributed by atoms with van der Waals surface area (Å²) in [4.78, 5) is 14.4. The second-order valence-corrected chi connectivity index (χ2v) is 5.67. The van der Waals surface area contributed by atoms with Crippen LogP contribution in [0.15, 0.2) is 30.3 Å². The summed E-state index contributed by atoms with van der Waals surface area (Å²) in [6, 6.07) is 10.1. The topological polar surface area (TPSA) is 41.6 Å². The van der Waals surface area contributed by atoms with Crippen LogP contribution in [0.3, 0.4) is 0 Å². The molecule has 1 aliphatic rings. The zero-order chi connectivity index (χ0) is 14.9. The standard InChI is InChI=1S/C17H26N2O2/c1-19-12-7-3-6-10-16(19)17(20)18-11-13-21-14-15-8-4-2-5-9-15/h2,4-5,8-9,16H,3,6-7,10-14H2,1H3,(H,18,20)/t16-/m0/s1. The van der Waals surface area contributed by atoms with E-state index >= 15 is 0 Å². The maximum Gasteiger partial charge on any atom is 0.237 e. The molecule has 1 atom stereocenters. The molecule has 4 nitrogen and oxygen atoms in total. The number of likely N-dealkylation sites (N-methyl/N-ethyl adjacent to an activating group) is 1. The Kier molecular flexibility index (Phi) is 6.70. The Labute approximate surface area is 127 Å². The summed E-state index contributed by atoms with van der Waals surface area (Å²) in [5.74, 6) is 0.141. The third kappa shape index (κ3) is 5.48. The van der Waals surface area contributed by atoms with Crippen molar-refractivity contribution >= 4 is 5.91 Å². The Hall–Kier alpha value is -1.39. The minimum atomic E-state index is 0.0293. The van der Waals surface area contributed by atoms with Crippen LogP contribution in [0.2, 0.25) is 0 Å². The van der Waals surface area contributed by atoms with Crippen molar-refractivity contribution in [1.82, 2.24) is 10.2 Å². The van der Waals surface area contributed by atoms with Crippen LogP contribution >= 0.6 is 0 Å². The fourth-order valence-electron chi connectivity index (χ4n) is 2.71. The van der Waals surface area contributed by atoms with Gasteiger partial charge >= 0.3 is 0 Å². The molecule has 0 aliphatic carbocycles. The van der Waals surface area contributed by atoms with E-state index in [-0.39, 0.29) is 11.9 Å². The average molecular weight is 290 g/mol. The van der Waals surface area contributed by atoms with Crippen molar-refractivity contribution in [3.63, 3.8) is 0 Å². The van der Waals surface area contributed by atoms with Crippen molar-refractivity contribution in [3.05, 3.63) is 35.9 Å². The first kappa shape index (κ1) is 16.0. The highest BCUT2D eigenvalue weighted by Gasteiger charge is 2.23. The van der Waals surface area contributed by atoms with Gasteiger partial charge in [-0.25, -0.2) is 0 Å². The van der Waals surface area contributed by atoms with Crippen molar-refractivity contribution in [1.29, 1.82) is 0 Å². The summed E-state index contributed by atoms with van der Waals surface area (Å²) in [5, 5.41) is 2.99. The van der Waals surface area contributed by atoms with Gasteiger partial charge in [0.1, 0.15) is 0 Å². The summed E-state index contributed by atoms with van der Waals surface area (Å²) < 4.78 is 5.58. The monoisotopic (exact) mass is 290 g/mol. The van der Waals surface area contributed by atoms with Crippen LogP contribution in [-0.2, 0) is 16.1 Å². The van der Waals surface area contributed by atoms with Crippen molar-refractivity contribution in [3.8, 4) is 0 Å². The fourth-order valence-corrected chi connectivity index (χ4v) is 2.71. The van der Waals surface area contributed by atoms with Gasteiger partial charge in [0.15, 0.2) is 0 Å². The van der Waals surface area contributed by atoms with Gasteiger partial charge in [-0.2, -0.15) is 0 Å². The Morgan fingerprint density at radius 3 is 2.90 bits per heavy atom. The van der Waals surface area contributed by atoms with Gasteiger partial charge in [0.25, 0.3) is 0 Å². The van der Waals surface area contributed by atoms with Crippen LogP contribution in [0.4, 0.5) is 0 Å². The molecule has 1 aromatic carbocycles. The summed E-state index contributed by atoms with van der Waals surface area (Å²) in [6.07, 6.45) is 4.54. The molecule has 1 heterocycles. The molecule has 116 valence electrons. The van der Waals surface area contributed by atoms with Gasteiger partial charge in [0.05, 0.1) is 19.3 Å². The zero-order valence-corrected chi connectivity index (χ0v) is 12.9. The van der Waals surface area contributed by atoms with Crippen LogP contribution in [0, 0.1) is 0 Å². The predicted octanol–water partition coefficient (Wildman–Crippen LogP) is 2.19. The molecule has 1 aromatic rings. The molecule has 0 unspecified atom stereocenters. The molecule has 0 spiro atoms. The summed E-state index contributed by atoms with van der Waals surface area (Å²) in [5.41, 5.74) is 1.16. The van der Waals surface area contributed by atoms with Crippen molar-refractivity contribution in [2.24, 2.45) is 0 Å². The number of carbonyl (C=O) groups excluding carboxylic acids is 1. The van der Waals surface area contributed by atoms with Gasteiger partial charge in [-0.3, -0.25) is 9.69 Å². The first-order valence-electron chi connectivity index (χ1n) is 7.87. The third-order valence-electron chi connectivity index (χ3n) is 3.98. The maximum atomic E-state index is 12.2. The number of rotatable bonds is 6. The molecule has 21 heavy (non-hydrogen) atoms. The SMILES string of the molecule is CN1CCCCC[C@H]1C(=O)NCCOCc1ccccc1. The van der Waals surface area contributed by atoms with E-state index in [4.69, 9.17) is 4.74 Å². The second kappa shape index (κ2) is 8.80. The van der Waals surface area contributed by atoms with E-state index in [1.165, 1.54) is 12.8 Å². The zero-order valence-electron chi connectivity index (χ0n) is 12.9. The summed E-state index contributed by atoms with van der Waals surface area (Å²) in [6.45, 7) is 2.75. The van der Waals surface area contributed by atoms with E-state index in [1.54, 1.807) is 0 Å². The summed E-state index contributed by atoms with van der Waals surface area (Å²) in [7, 11) is 2.04. The van der Waals surface area contributed by atoms with Gasteiger partial charge < -0.3 is 10.1 Å². The van der Waals surface area contributed by atoms with Gasteiger partial charge in [0.2, 0.25) is 5.91 Å². The molecule has 0 aromatic heterocycles. The molecule has 1 N–H and O–H groups in total. The lowest BCUT2D eigenvalue weighted by Gasteiger charge is -2.24. The summed E-state index contributed by atoms with van der Waals surface area (Å²) >= 11 is 0. The molecule has 4 heteroatoms. The highest BCUT2D eigenvalue weighted by atomic mass is 16.5. The number of carbonyl (C=O) groups is 1. The minimum absolute atomic E-state index is 0.0293. The predicted molar refractivity (Wildman–Crippen MR) is 84.0 cm³/mol. The normalized spacial score (nSPS) is 20.0. The van der Waals surface area contributed by atoms with E-state index in [9.17, 15) is 4.79 Å². The average Bonchev–Trinajstić information content (AvgIpc) is 2.72. The van der Waals surface area contributed by atoms with Crippen LogP contribution in [0.25, 0.3) is 0 Å². The Morgan fingerprint density at radius 1 is 1.29 bits per heavy atom. The van der Waals surface area contributed by atoms with Crippen LogP contribution < -0.4 is 5.32 Å². The number of benzene rings is 1. The smallest absolute Gasteiger partial charge is 0.237 e. The van der Waals surface area contributed by atoms with Crippen LogP contribution in [0.5, 0.6) is 0 Å². The Bertz CT molecular complexity index is 422. The van der Waals surface area contributed by atoms with E-state index in [0.29, 0.717) is 19.8 Å². The third-order valence-corrected chi connectivity index (χ3v) is 3.98. The maximum absolute atomic E-state index is 12.2. The van der Waals surface area contributed by atoms with Gasteiger partial charge in [-0.1, -0.05) is 43.2 Å². The van der Waals surface area contributed by atoms with Crippen molar-refractivity contribution in [2.45, 2.75) is 38.3 Å². The van der Waals surface area contributed by atoms with E-state index in [2.05, 4.69) is 10.2 Å². The first-order chi connectivity index (χ1) is 10.3. The largest absolute Gasteiger partial charge is 0.375 e. The lowest BCUT2D eigenvalue weighted by Crippen LogP contribution is -2.45. The molecular formula is C17H26N2O2. The van der Waals surface area contributed by atoms with Gasteiger partial charge in [-0.15, -0.1) is 0 Å². The van der Waals surface area contributed by atoms with Crippen molar-refractivity contribution in [2.75, 3.05) is 26.7 Å². The number of ether oxygens (including phenoxy) is 1. The Balaban J connectivity index is 1.62. The van der Waals surface area contributed by atoms with Crippen LogP contribution in [0.1, 0.15) is 31.2 Å². The molecule has 1 amide bonds. The molecule has 1 saturated heterocycles. The number of likely N-dealkylation sites (tertiary alicyclic amines) is 1. The van der Waals surface area contributed by atoms with Gasteiger partial charge in [-0.05, 0) is 32.0 Å². The number of hydrogen-bond acceptors (Lipinski definition) is 3. The number of nitrogens with one attached hydrogen (secondary N) is 1. The molecule has 0 bridgehead atoms. The second-order valence-electron chi connectivity index (χ2n) is 5.67. The molecular weight excluding hydrogens is 264 g/mol. The molecule has 2 rings (SSSR count). The Morgan fingerprint density at radius 2 is 2.10 bits per heavy atom. The van der Waals surface area contributed by atoms with E-state index in [0.717, 1.165) is 24.9 Å². The number of nitrogens with zero attached hydrogens (tertiary/aromatic N) is 1. The molecule has 1 fully saturated rings. The quantitative estimate of drug-likeness (QED) is 0.817. The first-order valence-corrected chi connectivity index (χ1v) is 7.87. The number of hydrogen-bond donors (Lipinski definition) is 1. The van der Waals surface area contributed by atoms with E-state index < -0.39 is 0 Å². The lowest BCUT2D eigenvalue weighted by molar-refractivity contribution is -0.126. The minimum Gasteiger partial charge on any atom is -0.375 e. The highest BCUT2D eigenvalue weighted by Crippen LogP contribution is 2.14. The molecule has 0 radical (unpaired) electrons. The fraction of sp³-hybridized carbons (Fsp3) is 0.588. The van der Waals surface area contributed by atoms with Gasteiger partial charge in [0, 0.05) is 6.54 Å². The molecule has 0 saturated carbocycles.